The van der Waals surface area contributed by atoms with Crippen LogP contribution in [0.4, 0.5) is 0 Å². The number of rotatable bonds is 3. The zero-order chi connectivity index (χ0) is 21.4. The molecule has 1 saturated heterocycles. The lowest BCUT2D eigenvalue weighted by Crippen LogP contribution is -2.38. The van der Waals surface area contributed by atoms with Gasteiger partial charge in [-0.2, -0.15) is 0 Å². The number of fused-ring (bicyclic) bond motifs is 1. The van der Waals surface area contributed by atoms with Crippen molar-refractivity contribution in [3.05, 3.63) is 82.7 Å². The average Bonchev–Trinajstić information content (AvgIpc) is 3.24. The van der Waals surface area contributed by atoms with Gasteiger partial charge in [-0.15, -0.1) is 10.2 Å². The molecule has 2 aromatic carbocycles. The highest BCUT2D eigenvalue weighted by atomic mass is 16.4. The predicted octanol–water partition coefficient (Wildman–Crippen LogP) is 3.61. The lowest BCUT2D eigenvalue weighted by atomic mass is 9.95. The number of hydrogen-bond donors (Lipinski definition) is 0. The van der Waals surface area contributed by atoms with E-state index < -0.39 is 5.63 Å². The third kappa shape index (κ3) is 3.63. The molecular formula is C24H22N4O3. The molecule has 4 aromatic rings. The summed E-state index contributed by atoms with van der Waals surface area (Å²) in [7, 11) is 1.95. The third-order valence-corrected chi connectivity index (χ3v) is 5.96. The van der Waals surface area contributed by atoms with Gasteiger partial charge in [0.15, 0.2) is 0 Å². The van der Waals surface area contributed by atoms with Crippen molar-refractivity contribution in [1.82, 2.24) is 19.7 Å². The van der Waals surface area contributed by atoms with Gasteiger partial charge < -0.3 is 13.9 Å². The SMILES string of the molecule is Cn1cnnc1C1CCN(C(=O)c2cccc(-c3cc4ccccc4oc3=O)c2)CC1. The molecule has 0 spiro atoms. The van der Waals surface area contributed by atoms with Gasteiger partial charge in [0.05, 0.1) is 5.56 Å². The van der Waals surface area contributed by atoms with Gasteiger partial charge >= 0.3 is 5.63 Å². The number of aromatic nitrogens is 3. The monoisotopic (exact) mass is 414 g/mol. The van der Waals surface area contributed by atoms with Crippen LogP contribution in [-0.2, 0) is 7.05 Å². The topological polar surface area (TPSA) is 81.2 Å². The molecule has 0 atom stereocenters. The highest BCUT2D eigenvalue weighted by molar-refractivity contribution is 5.95. The van der Waals surface area contributed by atoms with Crippen molar-refractivity contribution in [2.24, 2.45) is 7.05 Å². The maximum absolute atomic E-state index is 13.1. The van der Waals surface area contributed by atoms with Crippen molar-refractivity contribution in [1.29, 1.82) is 0 Å². The first-order chi connectivity index (χ1) is 15.1. The fourth-order valence-corrected chi connectivity index (χ4v) is 4.27. The largest absolute Gasteiger partial charge is 0.422 e. The number of nitrogens with zero attached hydrogens (tertiary/aromatic N) is 4. The molecule has 1 fully saturated rings. The lowest BCUT2D eigenvalue weighted by Gasteiger charge is -2.31. The Morgan fingerprint density at radius 3 is 2.65 bits per heavy atom. The minimum Gasteiger partial charge on any atom is -0.422 e. The molecule has 156 valence electrons. The van der Waals surface area contributed by atoms with Crippen LogP contribution in [0.5, 0.6) is 0 Å². The van der Waals surface area contributed by atoms with Crippen molar-refractivity contribution >= 4 is 16.9 Å². The van der Waals surface area contributed by atoms with Crippen LogP contribution in [0.2, 0.25) is 0 Å². The maximum Gasteiger partial charge on any atom is 0.344 e. The van der Waals surface area contributed by atoms with Crippen LogP contribution < -0.4 is 5.63 Å². The van der Waals surface area contributed by atoms with Gasteiger partial charge in [-0.25, -0.2) is 4.79 Å². The van der Waals surface area contributed by atoms with E-state index in [-0.39, 0.29) is 5.91 Å². The molecule has 3 heterocycles. The summed E-state index contributed by atoms with van der Waals surface area (Å²) in [6, 6.07) is 16.4. The van der Waals surface area contributed by atoms with E-state index in [1.54, 1.807) is 24.5 Å². The van der Waals surface area contributed by atoms with Crippen molar-refractivity contribution in [2.75, 3.05) is 13.1 Å². The highest BCUT2D eigenvalue weighted by Crippen LogP contribution is 2.28. The lowest BCUT2D eigenvalue weighted by molar-refractivity contribution is 0.0710. The van der Waals surface area contributed by atoms with Gasteiger partial charge in [0.1, 0.15) is 17.7 Å². The molecule has 0 N–H and O–H groups in total. The fraction of sp³-hybridized carbons (Fsp3) is 0.250. The molecule has 7 heteroatoms. The van der Waals surface area contributed by atoms with Crippen LogP contribution in [0.15, 0.2) is 70.1 Å². The number of likely N-dealkylation sites (tertiary alicyclic amines) is 1. The van der Waals surface area contributed by atoms with Gasteiger partial charge in [-0.1, -0.05) is 30.3 Å². The summed E-state index contributed by atoms with van der Waals surface area (Å²) in [5.74, 6) is 1.26. The Labute approximate surface area is 178 Å². The summed E-state index contributed by atoms with van der Waals surface area (Å²) in [6.07, 6.45) is 3.42. The molecule has 0 bridgehead atoms. The Kier molecular flexibility index (Phi) is 4.86. The zero-order valence-electron chi connectivity index (χ0n) is 17.2. The van der Waals surface area contributed by atoms with Gasteiger partial charge in [0.2, 0.25) is 0 Å². The summed E-state index contributed by atoms with van der Waals surface area (Å²) in [6.45, 7) is 1.33. The van der Waals surface area contributed by atoms with Crippen molar-refractivity contribution < 1.29 is 9.21 Å². The van der Waals surface area contributed by atoms with E-state index in [2.05, 4.69) is 10.2 Å². The van der Waals surface area contributed by atoms with E-state index in [1.807, 2.05) is 52.9 Å². The second-order valence-electron chi connectivity index (χ2n) is 7.93. The van der Waals surface area contributed by atoms with E-state index in [4.69, 9.17) is 4.42 Å². The minimum absolute atomic E-state index is 0.0246. The van der Waals surface area contributed by atoms with Crippen molar-refractivity contribution in [2.45, 2.75) is 18.8 Å². The summed E-state index contributed by atoms with van der Waals surface area (Å²) in [4.78, 5) is 27.5. The smallest absolute Gasteiger partial charge is 0.344 e. The highest BCUT2D eigenvalue weighted by Gasteiger charge is 2.27. The standard InChI is InChI=1S/C24H22N4O3/c1-27-15-25-26-22(27)16-9-11-28(12-10-16)23(29)19-7-4-6-17(13-19)20-14-18-5-2-3-8-21(18)31-24(20)30/h2-8,13-16H,9-12H2,1H3. The second-order valence-corrected chi connectivity index (χ2v) is 7.93. The predicted molar refractivity (Wildman–Crippen MR) is 117 cm³/mol. The average molecular weight is 414 g/mol. The van der Waals surface area contributed by atoms with E-state index in [9.17, 15) is 9.59 Å². The number of hydrogen-bond acceptors (Lipinski definition) is 5. The molecule has 1 aliphatic heterocycles. The van der Waals surface area contributed by atoms with Gasteiger partial charge in [0, 0.05) is 37.0 Å². The molecule has 0 radical (unpaired) electrons. The molecular weight excluding hydrogens is 392 g/mol. The number of para-hydroxylation sites is 1. The summed E-state index contributed by atoms with van der Waals surface area (Å²) < 4.78 is 7.40. The van der Waals surface area contributed by atoms with Gasteiger partial charge in [-0.05, 0) is 42.7 Å². The molecule has 1 aliphatic rings. The van der Waals surface area contributed by atoms with Gasteiger partial charge in [0.25, 0.3) is 5.91 Å². The molecule has 31 heavy (non-hydrogen) atoms. The summed E-state index contributed by atoms with van der Waals surface area (Å²) in [5, 5.41) is 9.02. The minimum atomic E-state index is -0.409. The third-order valence-electron chi connectivity index (χ3n) is 5.96. The molecule has 7 nitrogen and oxygen atoms in total. The van der Waals surface area contributed by atoms with Crippen LogP contribution in [0.1, 0.15) is 34.9 Å². The maximum atomic E-state index is 13.1. The number of piperidine rings is 1. The Morgan fingerprint density at radius 1 is 1.06 bits per heavy atom. The first-order valence-electron chi connectivity index (χ1n) is 10.4. The Balaban J connectivity index is 1.37. The quantitative estimate of drug-likeness (QED) is 0.479. The second kappa shape index (κ2) is 7.83. The molecule has 0 unspecified atom stereocenters. The Morgan fingerprint density at radius 2 is 1.87 bits per heavy atom. The summed E-state index contributed by atoms with van der Waals surface area (Å²) >= 11 is 0. The molecule has 1 amide bonds. The number of carbonyl (C=O) groups is 1. The fourth-order valence-electron chi connectivity index (χ4n) is 4.27. The summed E-state index contributed by atoms with van der Waals surface area (Å²) in [5.41, 5.74) is 1.85. The molecule has 5 rings (SSSR count). The molecule has 0 aliphatic carbocycles. The van der Waals surface area contributed by atoms with Crippen LogP contribution >= 0.6 is 0 Å². The first-order valence-corrected chi connectivity index (χ1v) is 10.4. The van der Waals surface area contributed by atoms with Crippen molar-refractivity contribution in [3.63, 3.8) is 0 Å². The number of benzene rings is 2. The first kappa shape index (κ1) is 19.2. The van der Waals surface area contributed by atoms with Crippen molar-refractivity contribution in [3.8, 4) is 11.1 Å². The number of carbonyl (C=O) groups excluding carboxylic acids is 1. The Bertz CT molecular complexity index is 1320. The van der Waals surface area contributed by atoms with Crippen LogP contribution in [-0.4, -0.2) is 38.7 Å². The van der Waals surface area contributed by atoms with Crippen LogP contribution in [0, 0.1) is 0 Å². The normalized spacial score (nSPS) is 14.8. The molecule has 2 aromatic heterocycles. The molecule has 0 saturated carbocycles. The zero-order valence-corrected chi connectivity index (χ0v) is 17.2. The van der Waals surface area contributed by atoms with E-state index in [1.165, 1.54) is 0 Å². The van der Waals surface area contributed by atoms with Gasteiger partial charge in [-0.3, -0.25) is 4.79 Å². The number of aryl methyl sites for hydroxylation is 1. The van der Waals surface area contributed by atoms with E-state index >= 15 is 0 Å². The van der Waals surface area contributed by atoms with Crippen LogP contribution in [0.3, 0.4) is 0 Å². The Hall–Kier alpha value is -3.74. The van der Waals surface area contributed by atoms with E-state index in [0.717, 1.165) is 24.1 Å². The number of amides is 1. The van der Waals surface area contributed by atoms with Crippen LogP contribution in [0.25, 0.3) is 22.1 Å². The van der Waals surface area contributed by atoms with E-state index in [0.29, 0.717) is 41.3 Å².